The Morgan fingerprint density at radius 3 is 2.59 bits per heavy atom. The largest absolute Gasteiger partial charge is 0.355 e. The highest BCUT2D eigenvalue weighted by molar-refractivity contribution is 5.88. The minimum Gasteiger partial charge on any atom is -0.355 e. The Balaban J connectivity index is 0.00000176. The first kappa shape index (κ1) is 17.3. The van der Waals surface area contributed by atoms with Crippen LogP contribution in [0.1, 0.15) is 43.2 Å². The summed E-state index contributed by atoms with van der Waals surface area (Å²) in [6.45, 7) is 5.01. The third kappa shape index (κ3) is 3.47. The lowest BCUT2D eigenvalue weighted by Gasteiger charge is -2.37. The lowest BCUT2D eigenvalue weighted by atomic mass is 9.68. The van der Waals surface area contributed by atoms with Gasteiger partial charge in [-0.15, -0.1) is 12.4 Å². The SMILES string of the molecule is Cc1cccc(C2(C(=O)NCC3CNC3)CCCCC2)c1.Cl. The van der Waals surface area contributed by atoms with Crippen LogP contribution < -0.4 is 10.6 Å². The van der Waals surface area contributed by atoms with Crippen molar-refractivity contribution in [2.75, 3.05) is 19.6 Å². The number of carbonyl (C=O) groups is 1. The van der Waals surface area contributed by atoms with Crippen LogP contribution in [0.2, 0.25) is 0 Å². The molecule has 1 saturated heterocycles. The number of amides is 1. The monoisotopic (exact) mass is 322 g/mol. The molecule has 0 unspecified atom stereocenters. The minimum atomic E-state index is -0.290. The fourth-order valence-corrected chi connectivity index (χ4v) is 3.64. The van der Waals surface area contributed by atoms with Crippen molar-refractivity contribution in [1.82, 2.24) is 10.6 Å². The zero-order valence-corrected chi connectivity index (χ0v) is 14.2. The first-order valence-corrected chi connectivity index (χ1v) is 8.27. The maximum atomic E-state index is 12.9. The van der Waals surface area contributed by atoms with Gasteiger partial charge in [-0.25, -0.2) is 0 Å². The zero-order valence-electron chi connectivity index (χ0n) is 13.4. The van der Waals surface area contributed by atoms with Crippen LogP contribution in [0.3, 0.4) is 0 Å². The summed E-state index contributed by atoms with van der Waals surface area (Å²) in [7, 11) is 0. The summed E-state index contributed by atoms with van der Waals surface area (Å²) in [5, 5.41) is 6.50. The number of nitrogens with one attached hydrogen (secondary N) is 2. The standard InChI is InChI=1S/C18H26N2O.ClH/c1-14-6-5-7-16(10-14)18(8-3-2-4-9-18)17(21)20-13-15-11-19-12-15;/h5-7,10,15,19H,2-4,8-9,11-13H2,1H3,(H,20,21);1H. The number of rotatable bonds is 4. The molecule has 1 aliphatic heterocycles. The normalized spacial score (nSPS) is 20.6. The van der Waals surface area contributed by atoms with Gasteiger partial charge in [-0.3, -0.25) is 4.79 Å². The van der Waals surface area contributed by atoms with Gasteiger partial charge < -0.3 is 10.6 Å². The highest BCUT2D eigenvalue weighted by Gasteiger charge is 2.41. The van der Waals surface area contributed by atoms with E-state index in [1.807, 2.05) is 0 Å². The summed E-state index contributed by atoms with van der Waals surface area (Å²) >= 11 is 0. The van der Waals surface area contributed by atoms with E-state index < -0.39 is 0 Å². The molecule has 1 heterocycles. The number of carbonyl (C=O) groups excluding carboxylic acids is 1. The lowest BCUT2D eigenvalue weighted by molar-refractivity contribution is -0.128. The highest BCUT2D eigenvalue weighted by atomic mass is 35.5. The van der Waals surface area contributed by atoms with E-state index in [4.69, 9.17) is 0 Å². The summed E-state index contributed by atoms with van der Waals surface area (Å²) in [6.07, 6.45) is 5.56. The molecule has 0 bridgehead atoms. The van der Waals surface area contributed by atoms with Crippen molar-refractivity contribution < 1.29 is 4.79 Å². The molecule has 0 radical (unpaired) electrons. The van der Waals surface area contributed by atoms with Crippen LogP contribution in [0.25, 0.3) is 0 Å². The molecule has 122 valence electrons. The maximum Gasteiger partial charge on any atom is 0.230 e. The molecule has 4 heteroatoms. The molecule has 2 N–H and O–H groups in total. The number of hydrogen-bond donors (Lipinski definition) is 2. The molecular weight excluding hydrogens is 296 g/mol. The van der Waals surface area contributed by atoms with E-state index in [1.165, 1.54) is 17.5 Å². The van der Waals surface area contributed by atoms with Crippen LogP contribution in [0.15, 0.2) is 24.3 Å². The Kier molecular flexibility index (Phi) is 5.87. The molecule has 3 nitrogen and oxygen atoms in total. The first-order valence-electron chi connectivity index (χ1n) is 8.27. The predicted octanol–water partition coefficient (Wildman–Crippen LogP) is 2.95. The summed E-state index contributed by atoms with van der Waals surface area (Å²) in [5.74, 6) is 0.867. The third-order valence-electron chi connectivity index (χ3n) is 5.13. The number of benzene rings is 1. The molecular formula is C18H27ClN2O. The van der Waals surface area contributed by atoms with Crippen LogP contribution in [0.5, 0.6) is 0 Å². The van der Waals surface area contributed by atoms with Crippen molar-refractivity contribution in [2.24, 2.45) is 5.92 Å². The second kappa shape index (κ2) is 7.47. The number of halogens is 1. The van der Waals surface area contributed by atoms with Gasteiger partial charge >= 0.3 is 0 Å². The van der Waals surface area contributed by atoms with Gasteiger partial charge in [-0.05, 0) is 25.3 Å². The molecule has 1 amide bonds. The average molecular weight is 323 g/mol. The molecule has 0 spiro atoms. The van der Waals surface area contributed by atoms with E-state index in [1.54, 1.807) is 0 Å². The Morgan fingerprint density at radius 1 is 1.27 bits per heavy atom. The van der Waals surface area contributed by atoms with Gasteiger partial charge in [-0.1, -0.05) is 49.1 Å². The fourth-order valence-electron chi connectivity index (χ4n) is 3.64. The average Bonchev–Trinajstić information content (AvgIpc) is 2.46. The first-order chi connectivity index (χ1) is 10.2. The molecule has 3 rings (SSSR count). The predicted molar refractivity (Wildman–Crippen MR) is 92.6 cm³/mol. The Labute approximate surface area is 139 Å². The van der Waals surface area contributed by atoms with Gasteiger partial charge in [0.15, 0.2) is 0 Å². The van der Waals surface area contributed by atoms with Gasteiger partial charge in [0.25, 0.3) is 0 Å². The Hall–Kier alpha value is -1.06. The smallest absolute Gasteiger partial charge is 0.230 e. The molecule has 1 saturated carbocycles. The quantitative estimate of drug-likeness (QED) is 0.895. The van der Waals surface area contributed by atoms with E-state index in [2.05, 4.69) is 41.8 Å². The van der Waals surface area contributed by atoms with Crippen molar-refractivity contribution in [1.29, 1.82) is 0 Å². The second-order valence-electron chi connectivity index (χ2n) is 6.75. The van der Waals surface area contributed by atoms with E-state index in [-0.39, 0.29) is 23.7 Å². The van der Waals surface area contributed by atoms with E-state index >= 15 is 0 Å². The van der Waals surface area contributed by atoms with Crippen molar-refractivity contribution in [3.05, 3.63) is 35.4 Å². The van der Waals surface area contributed by atoms with Crippen LogP contribution in [0.4, 0.5) is 0 Å². The number of aryl methyl sites for hydroxylation is 1. The molecule has 1 aromatic carbocycles. The molecule has 2 aliphatic rings. The van der Waals surface area contributed by atoms with Gasteiger partial charge in [0, 0.05) is 25.6 Å². The van der Waals surface area contributed by atoms with Crippen molar-refractivity contribution >= 4 is 18.3 Å². The fraction of sp³-hybridized carbons (Fsp3) is 0.611. The van der Waals surface area contributed by atoms with E-state index in [0.717, 1.165) is 45.3 Å². The topological polar surface area (TPSA) is 41.1 Å². The molecule has 1 aromatic rings. The molecule has 22 heavy (non-hydrogen) atoms. The van der Waals surface area contributed by atoms with Crippen LogP contribution >= 0.6 is 12.4 Å². The van der Waals surface area contributed by atoms with Gasteiger partial charge in [0.1, 0.15) is 0 Å². The van der Waals surface area contributed by atoms with Crippen molar-refractivity contribution in [3.63, 3.8) is 0 Å². The van der Waals surface area contributed by atoms with Gasteiger partial charge in [0.2, 0.25) is 5.91 Å². The molecule has 0 aromatic heterocycles. The summed E-state index contributed by atoms with van der Waals surface area (Å²) in [6, 6.07) is 8.54. The second-order valence-corrected chi connectivity index (χ2v) is 6.75. The lowest BCUT2D eigenvalue weighted by Crippen LogP contribution is -2.52. The van der Waals surface area contributed by atoms with E-state index in [9.17, 15) is 4.79 Å². The minimum absolute atomic E-state index is 0. The summed E-state index contributed by atoms with van der Waals surface area (Å²) in [5.41, 5.74) is 2.17. The zero-order chi connectivity index (χ0) is 14.7. The van der Waals surface area contributed by atoms with Crippen LogP contribution in [0, 0.1) is 12.8 Å². The van der Waals surface area contributed by atoms with Crippen molar-refractivity contribution in [2.45, 2.75) is 44.4 Å². The maximum absolute atomic E-state index is 12.9. The van der Waals surface area contributed by atoms with Crippen LogP contribution in [-0.2, 0) is 10.2 Å². The molecule has 1 aliphatic carbocycles. The Morgan fingerprint density at radius 2 is 2.00 bits per heavy atom. The Bertz CT molecular complexity index is 508. The third-order valence-corrected chi connectivity index (χ3v) is 5.13. The van der Waals surface area contributed by atoms with E-state index in [0.29, 0.717) is 5.92 Å². The number of hydrogen-bond acceptors (Lipinski definition) is 2. The molecule has 0 atom stereocenters. The van der Waals surface area contributed by atoms with Crippen molar-refractivity contribution in [3.8, 4) is 0 Å². The van der Waals surface area contributed by atoms with Gasteiger partial charge in [0.05, 0.1) is 5.41 Å². The highest BCUT2D eigenvalue weighted by Crippen LogP contribution is 2.40. The summed E-state index contributed by atoms with van der Waals surface area (Å²) in [4.78, 5) is 12.9. The van der Waals surface area contributed by atoms with Crippen LogP contribution in [-0.4, -0.2) is 25.5 Å². The summed E-state index contributed by atoms with van der Waals surface area (Å²) < 4.78 is 0. The molecule has 2 fully saturated rings. The van der Waals surface area contributed by atoms with Gasteiger partial charge in [-0.2, -0.15) is 0 Å².